The zero-order chi connectivity index (χ0) is 17.2. The van der Waals surface area contributed by atoms with Crippen LogP contribution < -0.4 is 5.32 Å². The van der Waals surface area contributed by atoms with Gasteiger partial charge in [0.1, 0.15) is 0 Å². The summed E-state index contributed by atoms with van der Waals surface area (Å²) in [7, 11) is -3.33. The summed E-state index contributed by atoms with van der Waals surface area (Å²) < 4.78 is 25.1. The molecule has 0 saturated heterocycles. The van der Waals surface area contributed by atoms with Gasteiger partial charge in [-0.25, -0.2) is 8.42 Å². The van der Waals surface area contributed by atoms with Crippen molar-refractivity contribution in [1.29, 1.82) is 0 Å². The van der Waals surface area contributed by atoms with E-state index in [2.05, 4.69) is 21.2 Å². The monoisotopic (exact) mass is 395 g/mol. The molecule has 2 aromatic carbocycles. The zero-order valence-electron chi connectivity index (χ0n) is 13.1. The van der Waals surface area contributed by atoms with E-state index in [0.717, 1.165) is 15.7 Å². The second kappa shape index (κ2) is 6.84. The Morgan fingerprint density at radius 3 is 2.22 bits per heavy atom. The van der Waals surface area contributed by atoms with Crippen LogP contribution in [0.4, 0.5) is 5.69 Å². The molecular formula is C17H18BrNO3S. The fourth-order valence-electron chi connectivity index (χ4n) is 2.03. The lowest BCUT2D eigenvalue weighted by Gasteiger charge is -2.10. The van der Waals surface area contributed by atoms with E-state index in [1.165, 1.54) is 24.3 Å². The van der Waals surface area contributed by atoms with Crippen LogP contribution in [0, 0.1) is 6.92 Å². The molecule has 1 amide bonds. The molecule has 0 heterocycles. The van der Waals surface area contributed by atoms with Crippen molar-refractivity contribution in [3.05, 3.63) is 58.1 Å². The molecule has 0 radical (unpaired) electrons. The number of halogens is 1. The van der Waals surface area contributed by atoms with Crippen molar-refractivity contribution in [3.8, 4) is 0 Å². The first-order valence-electron chi connectivity index (χ1n) is 7.13. The molecule has 122 valence electrons. The van der Waals surface area contributed by atoms with E-state index in [1.807, 2.05) is 25.1 Å². The summed E-state index contributed by atoms with van der Waals surface area (Å²) >= 11 is 3.38. The van der Waals surface area contributed by atoms with Crippen molar-refractivity contribution in [3.63, 3.8) is 0 Å². The number of amides is 1. The summed E-state index contributed by atoms with van der Waals surface area (Å²) in [5.41, 5.74) is 2.07. The first-order chi connectivity index (χ1) is 10.7. The topological polar surface area (TPSA) is 63.2 Å². The highest BCUT2D eigenvalue weighted by atomic mass is 79.9. The van der Waals surface area contributed by atoms with Crippen LogP contribution in [-0.4, -0.2) is 19.6 Å². The summed E-state index contributed by atoms with van der Waals surface area (Å²) in [4.78, 5) is 12.5. The number of carbonyl (C=O) groups excluding carboxylic acids is 1. The standard InChI is InChI=1S/C17H18BrNO3S/c1-11(2)23(21,22)15-7-4-13(5-8-15)17(20)19-16-9-6-14(18)10-12(16)3/h4-11H,1-3H3,(H,19,20). The van der Waals surface area contributed by atoms with Crippen LogP contribution in [0.15, 0.2) is 51.8 Å². The van der Waals surface area contributed by atoms with Gasteiger partial charge in [-0.1, -0.05) is 15.9 Å². The van der Waals surface area contributed by atoms with Crippen LogP contribution >= 0.6 is 15.9 Å². The predicted octanol–water partition coefficient (Wildman–Crippen LogP) is 4.19. The van der Waals surface area contributed by atoms with Crippen LogP contribution in [0.2, 0.25) is 0 Å². The molecule has 0 spiro atoms. The lowest BCUT2D eigenvalue weighted by atomic mass is 10.1. The number of hydrogen-bond donors (Lipinski definition) is 1. The molecule has 0 aliphatic rings. The summed E-state index contributed by atoms with van der Waals surface area (Å²) in [6, 6.07) is 11.6. The third kappa shape index (κ3) is 4.00. The van der Waals surface area contributed by atoms with Gasteiger partial charge >= 0.3 is 0 Å². The molecule has 0 aromatic heterocycles. The predicted molar refractivity (Wildman–Crippen MR) is 95.6 cm³/mol. The summed E-state index contributed by atoms with van der Waals surface area (Å²) in [6.07, 6.45) is 0. The maximum absolute atomic E-state index is 12.3. The van der Waals surface area contributed by atoms with Gasteiger partial charge in [0.25, 0.3) is 5.91 Å². The first kappa shape index (κ1) is 17.7. The summed E-state index contributed by atoms with van der Waals surface area (Å²) in [6.45, 7) is 5.16. The summed E-state index contributed by atoms with van der Waals surface area (Å²) in [5.74, 6) is -0.274. The van der Waals surface area contributed by atoms with Gasteiger partial charge in [0.05, 0.1) is 10.1 Å². The quantitative estimate of drug-likeness (QED) is 0.843. The molecule has 0 aliphatic carbocycles. The lowest BCUT2D eigenvalue weighted by Crippen LogP contribution is -2.15. The largest absolute Gasteiger partial charge is 0.322 e. The molecule has 0 unspecified atom stereocenters. The molecule has 0 aliphatic heterocycles. The zero-order valence-corrected chi connectivity index (χ0v) is 15.5. The second-order valence-corrected chi connectivity index (χ2v) is 8.95. The smallest absolute Gasteiger partial charge is 0.255 e. The van der Waals surface area contributed by atoms with Gasteiger partial charge in [0, 0.05) is 15.7 Å². The van der Waals surface area contributed by atoms with E-state index >= 15 is 0 Å². The fourth-order valence-corrected chi connectivity index (χ4v) is 3.57. The molecule has 6 heteroatoms. The average molecular weight is 396 g/mol. The van der Waals surface area contributed by atoms with Crippen LogP contribution in [0.25, 0.3) is 0 Å². The van der Waals surface area contributed by atoms with Crippen molar-refractivity contribution in [2.45, 2.75) is 30.9 Å². The Morgan fingerprint density at radius 1 is 1.09 bits per heavy atom. The van der Waals surface area contributed by atoms with Crippen molar-refractivity contribution in [1.82, 2.24) is 0 Å². The van der Waals surface area contributed by atoms with Gasteiger partial charge in [-0.05, 0) is 68.8 Å². The molecule has 0 fully saturated rings. The Labute approximate surface area is 145 Å². The van der Waals surface area contributed by atoms with Crippen LogP contribution in [0.1, 0.15) is 29.8 Å². The number of rotatable bonds is 4. The molecule has 0 atom stereocenters. The van der Waals surface area contributed by atoms with Gasteiger partial charge in [0.15, 0.2) is 9.84 Å². The minimum Gasteiger partial charge on any atom is -0.322 e. The molecule has 0 bridgehead atoms. The van der Waals surface area contributed by atoms with E-state index in [1.54, 1.807) is 13.8 Å². The maximum Gasteiger partial charge on any atom is 0.255 e. The lowest BCUT2D eigenvalue weighted by molar-refractivity contribution is 0.102. The third-order valence-corrected chi connectivity index (χ3v) is 6.17. The van der Waals surface area contributed by atoms with Crippen molar-refractivity contribution in [2.24, 2.45) is 0 Å². The molecule has 2 aromatic rings. The van der Waals surface area contributed by atoms with Gasteiger partial charge in [-0.2, -0.15) is 0 Å². The molecule has 4 nitrogen and oxygen atoms in total. The van der Waals surface area contributed by atoms with Crippen molar-refractivity contribution >= 4 is 37.4 Å². The van der Waals surface area contributed by atoms with E-state index in [0.29, 0.717) is 5.56 Å². The Kier molecular flexibility index (Phi) is 5.26. The minimum absolute atomic E-state index is 0.226. The van der Waals surface area contributed by atoms with Gasteiger partial charge in [-0.3, -0.25) is 4.79 Å². The molecule has 23 heavy (non-hydrogen) atoms. The molecular weight excluding hydrogens is 378 g/mol. The molecule has 0 saturated carbocycles. The number of sulfone groups is 1. The van der Waals surface area contributed by atoms with Crippen molar-refractivity contribution in [2.75, 3.05) is 5.32 Å². The van der Waals surface area contributed by atoms with E-state index < -0.39 is 15.1 Å². The molecule has 1 N–H and O–H groups in total. The Hall–Kier alpha value is -1.66. The van der Waals surface area contributed by atoms with Crippen molar-refractivity contribution < 1.29 is 13.2 Å². The normalized spacial score (nSPS) is 11.5. The Bertz CT molecular complexity index is 827. The molecule has 2 rings (SSSR count). The summed E-state index contributed by atoms with van der Waals surface area (Å²) in [5, 5.41) is 2.33. The highest BCUT2D eigenvalue weighted by Crippen LogP contribution is 2.21. The van der Waals surface area contributed by atoms with E-state index in [4.69, 9.17) is 0 Å². The fraction of sp³-hybridized carbons (Fsp3) is 0.235. The number of carbonyl (C=O) groups is 1. The highest BCUT2D eigenvalue weighted by molar-refractivity contribution is 9.10. The number of benzene rings is 2. The number of aryl methyl sites for hydroxylation is 1. The third-order valence-electron chi connectivity index (χ3n) is 3.50. The minimum atomic E-state index is -3.33. The Balaban J connectivity index is 2.21. The average Bonchev–Trinajstić information content (AvgIpc) is 2.50. The van der Waals surface area contributed by atoms with Crippen LogP contribution in [0.5, 0.6) is 0 Å². The highest BCUT2D eigenvalue weighted by Gasteiger charge is 2.19. The van der Waals surface area contributed by atoms with Gasteiger partial charge in [-0.15, -0.1) is 0 Å². The SMILES string of the molecule is Cc1cc(Br)ccc1NC(=O)c1ccc(S(=O)(=O)C(C)C)cc1. The van der Waals surface area contributed by atoms with E-state index in [-0.39, 0.29) is 10.8 Å². The Morgan fingerprint density at radius 2 is 1.70 bits per heavy atom. The number of anilines is 1. The van der Waals surface area contributed by atoms with E-state index in [9.17, 15) is 13.2 Å². The maximum atomic E-state index is 12.3. The van der Waals surface area contributed by atoms with Crippen LogP contribution in [-0.2, 0) is 9.84 Å². The first-order valence-corrected chi connectivity index (χ1v) is 9.47. The number of nitrogens with one attached hydrogen (secondary N) is 1. The second-order valence-electron chi connectivity index (χ2n) is 5.53. The van der Waals surface area contributed by atoms with Gasteiger partial charge in [0.2, 0.25) is 0 Å². The van der Waals surface area contributed by atoms with Crippen LogP contribution in [0.3, 0.4) is 0 Å². The van der Waals surface area contributed by atoms with Gasteiger partial charge < -0.3 is 5.32 Å². The number of hydrogen-bond acceptors (Lipinski definition) is 3.